The molecule has 3 N–H and O–H groups in total. The van der Waals surface area contributed by atoms with Gasteiger partial charge in [-0.3, -0.25) is 4.90 Å². The molecule has 0 saturated carbocycles. The van der Waals surface area contributed by atoms with E-state index < -0.39 is 0 Å². The first kappa shape index (κ1) is 8.93. The minimum atomic E-state index is -0.00435. The summed E-state index contributed by atoms with van der Waals surface area (Å²) in [7, 11) is 0. The van der Waals surface area contributed by atoms with Crippen molar-refractivity contribution in [1.82, 2.24) is 4.90 Å². The van der Waals surface area contributed by atoms with Gasteiger partial charge in [0.05, 0.1) is 19.3 Å². The van der Waals surface area contributed by atoms with Gasteiger partial charge in [0, 0.05) is 26.2 Å². The number of nitrogens with two attached hydrogens (primary N) is 1. The van der Waals surface area contributed by atoms with E-state index in [-0.39, 0.29) is 12.7 Å². The largest absolute Gasteiger partial charge is 0.394 e. The lowest BCUT2D eigenvalue weighted by Gasteiger charge is -2.31. The number of rotatable bonds is 3. The van der Waals surface area contributed by atoms with E-state index >= 15 is 0 Å². The van der Waals surface area contributed by atoms with Gasteiger partial charge in [-0.05, 0) is 0 Å². The van der Waals surface area contributed by atoms with E-state index in [0.29, 0.717) is 13.2 Å². The second-order valence-corrected chi connectivity index (χ2v) is 2.76. The molecule has 0 aromatic carbocycles. The number of ether oxygens (including phenoxy) is 1. The summed E-state index contributed by atoms with van der Waals surface area (Å²) in [6.45, 7) is 4.16. The Morgan fingerprint density at radius 3 is 3.09 bits per heavy atom. The Kier molecular flexibility index (Phi) is 3.79. The lowest BCUT2D eigenvalue weighted by Crippen LogP contribution is -2.45. The summed E-state index contributed by atoms with van der Waals surface area (Å²) in [6.07, 6.45) is -0.00435. The molecule has 1 rings (SSSR count). The molecule has 0 spiro atoms. The zero-order valence-electron chi connectivity index (χ0n) is 6.70. The van der Waals surface area contributed by atoms with Crippen molar-refractivity contribution in [3.05, 3.63) is 0 Å². The Labute approximate surface area is 66.9 Å². The van der Waals surface area contributed by atoms with Gasteiger partial charge < -0.3 is 15.6 Å². The molecule has 1 aliphatic heterocycles. The summed E-state index contributed by atoms with van der Waals surface area (Å²) < 4.78 is 5.27. The number of aliphatic hydroxyl groups is 1. The van der Waals surface area contributed by atoms with E-state index in [1.165, 1.54) is 0 Å². The van der Waals surface area contributed by atoms with Gasteiger partial charge in [-0.1, -0.05) is 0 Å². The fourth-order valence-corrected chi connectivity index (χ4v) is 1.28. The van der Waals surface area contributed by atoms with Gasteiger partial charge in [0.25, 0.3) is 0 Å². The molecule has 4 nitrogen and oxygen atoms in total. The van der Waals surface area contributed by atoms with Crippen molar-refractivity contribution in [1.29, 1.82) is 0 Å². The normalized spacial score (nSPS) is 27.3. The summed E-state index contributed by atoms with van der Waals surface area (Å²) in [5, 5.41) is 8.79. The molecule has 4 heteroatoms. The van der Waals surface area contributed by atoms with Gasteiger partial charge >= 0.3 is 0 Å². The Morgan fingerprint density at radius 1 is 1.64 bits per heavy atom. The van der Waals surface area contributed by atoms with Crippen molar-refractivity contribution in [3.63, 3.8) is 0 Å². The van der Waals surface area contributed by atoms with E-state index in [9.17, 15) is 0 Å². The molecule has 66 valence electrons. The lowest BCUT2D eigenvalue weighted by molar-refractivity contribution is -0.0517. The summed E-state index contributed by atoms with van der Waals surface area (Å²) in [4.78, 5) is 2.21. The van der Waals surface area contributed by atoms with Crippen LogP contribution < -0.4 is 5.73 Å². The van der Waals surface area contributed by atoms with Crippen LogP contribution in [-0.2, 0) is 4.74 Å². The van der Waals surface area contributed by atoms with Crippen molar-refractivity contribution < 1.29 is 9.84 Å². The maximum atomic E-state index is 8.79. The highest BCUT2D eigenvalue weighted by atomic mass is 16.5. The minimum absolute atomic E-state index is 0.00435. The predicted molar refractivity (Wildman–Crippen MR) is 42.3 cm³/mol. The van der Waals surface area contributed by atoms with E-state index in [4.69, 9.17) is 15.6 Å². The second-order valence-electron chi connectivity index (χ2n) is 2.76. The third kappa shape index (κ3) is 2.75. The van der Waals surface area contributed by atoms with Crippen molar-refractivity contribution in [2.24, 2.45) is 5.73 Å². The first-order valence-electron chi connectivity index (χ1n) is 4.01. The zero-order valence-corrected chi connectivity index (χ0v) is 6.70. The lowest BCUT2D eigenvalue weighted by atomic mass is 10.3. The van der Waals surface area contributed by atoms with Gasteiger partial charge in [0.15, 0.2) is 0 Å². The Bertz CT molecular complexity index is 109. The average Bonchev–Trinajstić information content (AvgIpc) is 2.06. The topological polar surface area (TPSA) is 58.7 Å². The molecule has 1 unspecified atom stereocenters. The average molecular weight is 160 g/mol. The zero-order chi connectivity index (χ0) is 8.10. The Hall–Kier alpha value is -0.160. The van der Waals surface area contributed by atoms with Gasteiger partial charge in [0.2, 0.25) is 0 Å². The van der Waals surface area contributed by atoms with Crippen LogP contribution in [0.15, 0.2) is 0 Å². The van der Waals surface area contributed by atoms with Crippen molar-refractivity contribution >= 4 is 0 Å². The van der Waals surface area contributed by atoms with Crippen LogP contribution in [0, 0.1) is 0 Å². The predicted octanol–water partition coefficient (Wildman–Crippen LogP) is -1.36. The fraction of sp³-hybridized carbons (Fsp3) is 1.00. The van der Waals surface area contributed by atoms with Crippen LogP contribution in [0.4, 0.5) is 0 Å². The number of nitrogens with zero attached hydrogens (tertiary/aromatic N) is 1. The highest BCUT2D eigenvalue weighted by molar-refractivity contribution is 4.70. The van der Waals surface area contributed by atoms with Crippen LogP contribution in [0.3, 0.4) is 0 Å². The van der Waals surface area contributed by atoms with Gasteiger partial charge in [0.1, 0.15) is 0 Å². The maximum Gasteiger partial charge on any atom is 0.0932 e. The van der Waals surface area contributed by atoms with E-state index in [0.717, 1.165) is 19.6 Å². The second kappa shape index (κ2) is 4.66. The standard InChI is InChI=1S/C7H16N2O2/c8-1-2-9-3-4-11-7(5-9)6-10/h7,10H,1-6,8H2. The smallest absolute Gasteiger partial charge is 0.0932 e. The number of aliphatic hydroxyl groups excluding tert-OH is 1. The number of hydrogen-bond acceptors (Lipinski definition) is 4. The highest BCUT2D eigenvalue weighted by Gasteiger charge is 2.18. The number of morpholine rings is 1. The van der Waals surface area contributed by atoms with E-state index in [2.05, 4.69) is 4.90 Å². The third-order valence-corrected chi connectivity index (χ3v) is 1.87. The quantitative estimate of drug-likeness (QED) is 0.535. The van der Waals surface area contributed by atoms with E-state index in [1.54, 1.807) is 0 Å². The summed E-state index contributed by atoms with van der Waals surface area (Å²) >= 11 is 0. The van der Waals surface area contributed by atoms with Gasteiger partial charge in [-0.15, -0.1) is 0 Å². The minimum Gasteiger partial charge on any atom is -0.394 e. The third-order valence-electron chi connectivity index (χ3n) is 1.87. The molecule has 0 aromatic rings. The molecular weight excluding hydrogens is 144 g/mol. The summed E-state index contributed by atoms with van der Waals surface area (Å²) in [5.41, 5.74) is 5.40. The van der Waals surface area contributed by atoms with Crippen LogP contribution in [0.2, 0.25) is 0 Å². The molecular formula is C7H16N2O2. The van der Waals surface area contributed by atoms with Crippen LogP contribution in [0.5, 0.6) is 0 Å². The van der Waals surface area contributed by atoms with Crippen LogP contribution in [-0.4, -0.2) is 55.5 Å². The van der Waals surface area contributed by atoms with Crippen LogP contribution in [0.1, 0.15) is 0 Å². The molecule has 1 aliphatic rings. The summed E-state index contributed by atoms with van der Waals surface area (Å²) in [6, 6.07) is 0. The van der Waals surface area contributed by atoms with Crippen molar-refractivity contribution in [2.75, 3.05) is 39.4 Å². The molecule has 1 fully saturated rings. The molecule has 1 heterocycles. The maximum absolute atomic E-state index is 8.79. The number of hydrogen-bond donors (Lipinski definition) is 2. The summed E-state index contributed by atoms with van der Waals surface area (Å²) in [5.74, 6) is 0. The molecule has 1 atom stereocenters. The Morgan fingerprint density at radius 2 is 2.45 bits per heavy atom. The monoisotopic (exact) mass is 160 g/mol. The molecule has 0 radical (unpaired) electrons. The Balaban J connectivity index is 2.21. The molecule has 0 bridgehead atoms. The van der Waals surface area contributed by atoms with Crippen LogP contribution >= 0.6 is 0 Å². The van der Waals surface area contributed by atoms with Gasteiger partial charge in [-0.2, -0.15) is 0 Å². The van der Waals surface area contributed by atoms with Crippen molar-refractivity contribution in [3.8, 4) is 0 Å². The fourth-order valence-electron chi connectivity index (χ4n) is 1.28. The first-order valence-corrected chi connectivity index (χ1v) is 4.01. The molecule has 0 aliphatic carbocycles. The van der Waals surface area contributed by atoms with Crippen molar-refractivity contribution in [2.45, 2.75) is 6.10 Å². The molecule has 1 saturated heterocycles. The molecule has 0 aromatic heterocycles. The molecule has 0 amide bonds. The molecule has 11 heavy (non-hydrogen) atoms. The van der Waals surface area contributed by atoms with Gasteiger partial charge in [-0.25, -0.2) is 0 Å². The highest BCUT2D eigenvalue weighted by Crippen LogP contribution is 2.02. The van der Waals surface area contributed by atoms with E-state index in [1.807, 2.05) is 0 Å². The SMILES string of the molecule is NCCN1CCOC(CO)C1. The van der Waals surface area contributed by atoms with Crippen LogP contribution in [0.25, 0.3) is 0 Å². The first-order chi connectivity index (χ1) is 5.36.